The summed E-state index contributed by atoms with van der Waals surface area (Å²) in [7, 11) is 1.62. The first-order valence-corrected chi connectivity index (χ1v) is 9.17. The number of nitrogens with zero attached hydrogens (tertiary/aromatic N) is 2. The van der Waals surface area contributed by atoms with E-state index in [1.807, 2.05) is 24.3 Å². The molecule has 1 N–H and O–H groups in total. The van der Waals surface area contributed by atoms with Gasteiger partial charge in [0.25, 0.3) is 0 Å². The summed E-state index contributed by atoms with van der Waals surface area (Å²) in [6.45, 7) is 5.88. The van der Waals surface area contributed by atoms with Gasteiger partial charge in [0, 0.05) is 39.3 Å². The molecule has 5 nitrogen and oxygen atoms in total. The van der Waals surface area contributed by atoms with Crippen molar-refractivity contribution >= 4 is 0 Å². The van der Waals surface area contributed by atoms with Crippen molar-refractivity contribution in [1.29, 1.82) is 0 Å². The van der Waals surface area contributed by atoms with Crippen molar-refractivity contribution in [3.63, 3.8) is 0 Å². The lowest BCUT2D eigenvalue weighted by Gasteiger charge is -2.35. The summed E-state index contributed by atoms with van der Waals surface area (Å²) in [6, 6.07) is 18.1. The van der Waals surface area contributed by atoms with Crippen LogP contribution in [0.4, 0.5) is 0 Å². The molecular weight excluding hydrogens is 328 g/mol. The first-order chi connectivity index (χ1) is 12.7. The van der Waals surface area contributed by atoms with Crippen LogP contribution in [0.15, 0.2) is 54.6 Å². The van der Waals surface area contributed by atoms with Crippen molar-refractivity contribution < 1.29 is 14.6 Å². The average molecular weight is 356 g/mol. The number of hydrogen-bond donors (Lipinski definition) is 1. The van der Waals surface area contributed by atoms with E-state index in [1.54, 1.807) is 7.11 Å². The van der Waals surface area contributed by atoms with Gasteiger partial charge in [-0.3, -0.25) is 9.80 Å². The molecule has 0 spiro atoms. The number of hydrogen-bond acceptors (Lipinski definition) is 5. The molecule has 0 aromatic heterocycles. The molecule has 0 aliphatic carbocycles. The third-order valence-electron chi connectivity index (χ3n) is 4.68. The Hall–Kier alpha value is -2.08. The highest BCUT2D eigenvalue weighted by molar-refractivity contribution is 5.39. The van der Waals surface area contributed by atoms with E-state index in [0.717, 1.165) is 32.7 Å². The number of aliphatic hydroxyl groups is 1. The Bertz CT molecular complexity index is 657. The van der Waals surface area contributed by atoms with E-state index >= 15 is 0 Å². The lowest BCUT2D eigenvalue weighted by molar-refractivity contribution is 0.0440. The lowest BCUT2D eigenvalue weighted by Crippen LogP contribution is -2.48. The Kier molecular flexibility index (Phi) is 6.89. The van der Waals surface area contributed by atoms with E-state index in [-0.39, 0.29) is 6.61 Å². The first-order valence-electron chi connectivity index (χ1n) is 9.17. The quantitative estimate of drug-likeness (QED) is 0.786. The zero-order valence-corrected chi connectivity index (χ0v) is 15.4. The maximum Gasteiger partial charge on any atom is 0.161 e. The van der Waals surface area contributed by atoms with E-state index in [0.29, 0.717) is 18.0 Å². The van der Waals surface area contributed by atoms with Crippen LogP contribution in [0.1, 0.15) is 5.56 Å². The maximum absolute atomic E-state index is 10.3. The fourth-order valence-electron chi connectivity index (χ4n) is 3.25. The molecule has 3 rings (SSSR count). The molecule has 1 atom stereocenters. The highest BCUT2D eigenvalue weighted by Gasteiger charge is 2.19. The maximum atomic E-state index is 10.3. The summed E-state index contributed by atoms with van der Waals surface area (Å²) >= 11 is 0. The monoisotopic (exact) mass is 356 g/mol. The van der Waals surface area contributed by atoms with Crippen LogP contribution >= 0.6 is 0 Å². The van der Waals surface area contributed by atoms with Crippen molar-refractivity contribution in [2.45, 2.75) is 12.6 Å². The molecular formula is C21H28N2O3. The summed E-state index contributed by atoms with van der Waals surface area (Å²) in [5.41, 5.74) is 1.35. The second-order valence-corrected chi connectivity index (χ2v) is 6.68. The number of benzene rings is 2. The van der Waals surface area contributed by atoms with Gasteiger partial charge in [0.15, 0.2) is 11.5 Å². The molecule has 1 saturated heterocycles. The number of para-hydroxylation sites is 2. The Balaban J connectivity index is 1.38. The van der Waals surface area contributed by atoms with Crippen LogP contribution in [0.5, 0.6) is 11.5 Å². The normalized spacial score (nSPS) is 17.0. The predicted octanol–water partition coefficient (Wildman–Crippen LogP) is 2.25. The minimum absolute atomic E-state index is 0.268. The minimum atomic E-state index is -0.513. The molecule has 2 aromatic rings. The Morgan fingerprint density at radius 1 is 0.885 bits per heavy atom. The third-order valence-corrected chi connectivity index (χ3v) is 4.68. The van der Waals surface area contributed by atoms with Gasteiger partial charge in [-0.15, -0.1) is 0 Å². The molecule has 0 radical (unpaired) electrons. The van der Waals surface area contributed by atoms with Gasteiger partial charge in [0.1, 0.15) is 12.7 Å². The molecule has 2 aromatic carbocycles. The van der Waals surface area contributed by atoms with Gasteiger partial charge >= 0.3 is 0 Å². The topological polar surface area (TPSA) is 45.2 Å². The first kappa shape index (κ1) is 18.7. The summed E-state index contributed by atoms with van der Waals surface area (Å²) in [6.07, 6.45) is -0.513. The van der Waals surface area contributed by atoms with Gasteiger partial charge in [-0.25, -0.2) is 0 Å². The summed E-state index contributed by atoms with van der Waals surface area (Å²) in [5, 5.41) is 10.3. The van der Waals surface area contributed by atoms with Gasteiger partial charge < -0.3 is 14.6 Å². The molecule has 0 saturated carbocycles. The Morgan fingerprint density at radius 3 is 2.19 bits per heavy atom. The van der Waals surface area contributed by atoms with Crippen LogP contribution in [-0.4, -0.2) is 67.5 Å². The summed E-state index contributed by atoms with van der Waals surface area (Å²) < 4.78 is 11.0. The molecule has 1 heterocycles. The van der Waals surface area contributed by atoms with E-state index < -0.39 is 6.10 Å². The highest BCUT2D eigenvalue weighted by Crippen LogP contribution is 2.25. The van der Waals surface area contributed by atoms with E-state index in [2.05, 4.69) is 40.1 Å². The standard InChI is InChI=1S/C21H28N2O3/c1-25-20-9-5-6-10-21(20)26-17-19(24)16-23-13-11-22(12-14-23)15-18-7-3-2-4-8-18/h2-10,19,24H,11-17H2,1H3. The van der Waals surface area contributed by atoms with Gasteiger partial charge in [0.05, 0.1) is 7.11 Å². The summed E-state index contributed by atoms with van der Waals surface area (Å²) in [5.74, 6) is 1.36. The molecule has 26 heavy (non-hydrogen) atoms. The smallest absolute Gasteiger partial charge is 0.161 e. The fourth-order valence-corrected chi connectivity index (χ4v) is 3.25. The van der Waals surface area contributed by atoms with Gasteiger partial charge in [-0.05, 0) is 17.7 Å². The van der Waals surface area contributed by atoms with Crippen molar-refractivity contribution in [2.24, 2.45) is 0 Å². The number of rotatable bonds is 8. The van der Waals surface area contributed by atoms with E-state index in [4.69, 9.17) is 9.47 Å². The molecule has 1 aliphatic heterocycles. The van der Waals surface area contributed by atoms with Crippen LogP contribution in [0.3, 0.4) is 0 Å². The van der Waals surface area contributed by atoms with E-state index in [1.165, 1.54) is 5.56 Å². The molecule has 1 unspecified atom stereocenters. The SMILES string of the molecule is COc1ccccc1OCC(O)CN1CCN(Cc2ccccc2)CC1. The van der Waals surface area contributed by atoms with Crippen LogP contribution in [0.25, 0.3) is 0 Å². The van der Waals surface area contributed by atoms with Crippen LogP contribution in [0, 0.1) is 0 Å². The van der Waals surface area contributed by atoms with Gasteiger partial charge in [0.2, 0.25) is 0 Å². The van der Waals surface area contributed by atoms with Crippen LogP contribution < -0.4 is 9.47 Å². The third kappa shape index (κ3) is 5.46. The van der Waals surface area contributed by atoms with Crippen LogP contribution in [0.2, 0.25) is 0 Å². The predicted molar refractivity (Wildman–Crippen MR) is 103 cm³/mol. The zero-order chi connectivity index (χ0) is 18.2. The second kappa shape index (κ2) is 9.57. The molecule has 0 amide bonds. The summed E-state index contributed by atoms with van der Waals surface area (Å²) in [4.78, 5) is 4.77. The van der Waals surface area contributed by atoms with Crippen LogP contribution in [-0.2, 0) is 6.54 Å². The fraction of sp³-hybridized carbons (Fsp3) is 0.429. The molecule has 5 heteroatoms. The highest BCUT2D eigenvalue weighted by atomic mass is 16.5. The zero-order valence-electron chi connectivity index (χ0n) is 15.4. The van der Waals surface area contributed by atoms with E-state index in [9.17, 15) is 5.11 Å². The molecule has 140 valence electrons. The molecule has 1 aliphatic rings. The second-order valence-electron chi connectivity index (χ2n) is 6.68. The number of β-amino-alcohol motifs (C(OH)–C–C–N with tert-alkyl or cyclic N) is 1. The number of aliphatic hydroxyl groups excluding tert-OH is 1. The number of piperazine rings is 1. The van der Waals surface area contributed by atoms with Gasteiger partial charge in [-0.1, -0.05) is 42.5 Å². The Labute approximate surface area is 155 Å². The van der Waals surface area contributed by atoms with Crippen molar-refractivity contribution in [3.8, 4) is 11.5 Å². The van der Waals surface area contributed by atoms with Gasteiger partial charge in [-0.2, -0.15) is 0 Å². The average Bonchev–Trinajstić information content (AvgIpc) is 2.69. The van der Waals surface area contributed by atoms with Crippen molar-refractivity contribution in [1.82, 2.24) is 9.80 Å². The number of ether oxygens (including phenoxy) is 2. The van der Waals surface area contributed by atoms with Crippen molar-refractivity contribution in [3.05, 3.63) is 60.2 Å². The molecule has 0 bridgehead atoms. The lowest BCUT2D eigenvalue weighted by atomic mass is 10.2. The molecule has 1 fully saturated rings. The Morgan fingerprint density at radius 2 is 1.50 bits per heavy atom. The number of methoxy groups -OCH3 is 1. The van der Waals surface area contributed by atoms with Crippen molar-refractivity contribution in [2.75, 3.05) is 46.4 Å². The minimum Gasteiger partial charge on any atom is -0.493 e. The largest absolute Gasteiger partial charge is 0.493 e.